The monoisotopic (exact) mass is 430 g/mol. The van der Waals surface area contributed by atoms with E-state index in [0.29, 0.717) is 27.8 Å². The molecule has 29 heavy (non-hydrogen) atoms. The summed E-state index contributed by atoms with van der Waals surface area (Å²) >= 11 is 7.16. The molecular weight excluding hydrogens is 416 g/mol. The number of thiazole rings is 1. The number of fused-ring (bicyclic) bond motifs is 1. The Bertz CT molecular complexity index is 1230. The Morgan fingerprint density at radius 3 is 2.93 bits per heavy atom. The molecule has 4 aromatic rings. The van der Waals surface area contributed by atoms with E-state index in [1.807, 2.05) is 24.3 Å². The van der Waals surface area contributed by atoms with Crippen LogP contribution in [0.3, 0.4) is 0 Å². The third-order valence-electron chi connectivity index (χ3n) is 4.87. The molecule has 3 aromatic heterocycles. The Balaban J connectivity index is 1.34. The van der Waals surface area contributed by atoms with Crippen LogP contribution < -0.4 is 11.3 Å². The van der Waals surface area contributed by atoms with Gasteiger partial charge in [0.2, 0.25) is 11.8 Å². The van der Waals surface area contributed by atoms with Crippen LogP contribution in [0.5, 0.6) is 0 Å². The predicted molar refractivity (Wildman–Crippen MR) is 107 cm³/mol. The number of halogens is 1. The van der Waals surface area contributed by atoms with Crippen LogP contribution in [0.2, 0.25) is 5.02 Å². The van der Waals surface area contributed by atoms with Gasteiger partial charge in [-0.15, -0.1) is 11.3 Å². The van der Waals surface area contributed by atoms with Crippen LogP contribution in [0.25, 0.3) is 10.3 Å². The van der Waals surface area contributed by atoms with Crippen LogP contribution >= 0.6 is 22.9 Å². The first-order valence-corrected chi connectivity index (χ1v) is 10.1. The molecule has 0 aliphatic carbocycles. The highest BCUT2D eigenvalue weighted by Crippen LogP contribution is 2.37. The van der Waals surface area contributed by atoms with Crippen molar-refractivity contribution in [3.8, 4) is 0 Å². The van der Waals surface area contributed by atoms with E-state index in [-0.39, 0.29) is 36.0 Å². The molecule has 1 fully saturated rings. The van der Waals surface area contributed by atoms with E-state index >= 15 is 0 Å². The second-order valence-electron chi connectivity index (χ2n) is 6.72. The molecule has 148 valence electrons. The molecule has 1 saturated heterocycles. The summed E-state index contributed by atoms with van der Waals surface area (Å²) in [5.74, 6) is 0.897. The first kappa shape index (κ1) is 18.2. The molecule has 1 aromatic carbocycles. The second kappa shape index (κ2) is 7.21. The van der Waals surface area contributed by atoms with Crippen molar-refractivity contribution in [2.24, 2.45) is 0 Å². The van der Waals surface area contributed by atoms with Crippen LogP contribution in [0, 0.1) is 0 Å². The number of nitrogens with two attached hydrogens (primary N) is 1. The van der Waals surface area contributed by atoms with Gasteiger partial charge in [-0.05, 0) is 24.1 Å². The van der Waals surface area contributed by atoms with Crippen molar-refractivity contribution >= 4 is 39.2 Å². The number of hydrogen-bond donors (Lipinski definition) is 1. The van der Waals surface area contributed by atoms with E-state index in [1.54, 1.807) is 5.51 Å². The Hall–Kier alpha value is -2.82. The Morgan fingerprint density at radius 1 is 1.28 bits per heavy atom. The lowest BCUT2D eigenvalue weighted by Crippen LogP contribution is -2.24. The molecular formula is C18H15ClN6O3S. The summed E-state index contributed by atoms with van der Waals surface area (Å²) in [5, 5.41) is 4.76. The van der Waals surface area contributed by atoms with Gasteiger partial charge in [-0.25, -0.2) is 4.98 Å². The zero-order valence-corrected chi connectivity index (χ0v) is 16.6. The standard InChI is InChI=1S/C18H15ClN6O3S/c19-11-3-1-9(2-4-11)12-5-10(7-27-12)15-22-13(28-24-15)6-25-17(26)14-16(21-8-29-14)23-18(25)20/h1-4,8,10,12H,5-7H2,(H2,20,23). The lowest BCUT2D eigenvalue weighted by molar-refractivity contribution is 0.110. The minimum atomic E-state index is -0.276. The van der Waals surface area contributed by atoms with Gasteiger partial charge < -0.3 is 15.0 Å². The van der Waals surface area contributed by atoms with Gasteiger partial charge >= 0.3 is 0 Å². The number of aromatic nitrogens is 5. The maximum Gasteiger partial charge on any atom is 0.275 e. The fourth-order valence-corrected chi connectivity index (χ4v) is 4.16. The Labute approximate surface area is 173 Å². The van der Waals surface area contributed by atoms with E-state index in [9.17, 15) is 4.79 Å². The molecule has 0 saturated carbocycles. The average Bonchev–Trinajstić information content (AvgIpc) is 3.45. The molecule has 1 aliphatic heterocycles. The summed E-state index contributed by atoms with van der Waals surface area (Å²) in [7, 11) is 0. The topological polar surface area (TPSA) is 122 Å². The third kappa shape index (κ3) is 3.39. The van der Waals surface area contributed by atoms with E-state index in [0.717, 1.165) is 12.0 Å². The van der Waals surface area contributed by atoms with Crippen LogP contribution in [-0.2, 0) is 11.3 Å². The highest BCUT2D eigenvalue weighted by molar-refractivity contribution is 7.16. The highest BCUT2D eigenvalue weighted by Gasteiger charge is 2.31. The zero-order chi connectivity index (χ0) is 20.0. The van der Waals surface area contributed by atoms with Crippen molar-refractivity contribution in [2.75, 3.05) is 12.3 Å². The largest absolute Gasteiger partial charge is 0.373 e. The molecule has 5 rings (SSSR count). The van der Waals surface area contributed by atoms with Crippen molar-refractivity contribution in [1.82, 2.24) is 24.7 Å². The smallest absolute Gasteiger partial charge is 0.275 e. The third-order valence-corrected chi connectivity index (χ3v) is 5.92. The predicted octanol–water partition coefficient (Wildman–Crippen LogP) is 2.77. The van der Waals surface area contributed by atoms with Crippen LogP contribution in [0.15, 0.2) is 39.1 Å². The number of rotatable bonds is 4. The zero-order valence-electron chi connectivity index (χ0n) is 15.0. The van der Waals surface area contributed by atoms with Gasteiger partial charge in [0.15, 0.2) is 11.5 Å². The molecule has 0 bridgehead atoms. The van der Waals surface area contributed by atoms with Gasteiger partial charge in [0.25, 0.3) is 5.56 Å². The normalized spacial score (nSPS) is 19.2. The van der Waals surface area contributed by atoms with Gasteiger partial charge in [-0.1, -0.05) is 28.9 Å². The lowest BCUT2D eigenvalue weighted by Gasteiger charge is -2.09. The van der Waals surface area contributed by atoms with Crippen LogP contribution in [-0.4, -0.2) is 31.3 Å². The second-order valence-corrected chi connectivity index (χ2v) is 8.01. The summed E-state index contributed by atoms with van der Waals surface area (Å²) in [6, 6.07) is 7.59. The Kier molecular flexibility index (Phi) is 4.53. The van der Waals surface area contributed by atoms with Crippen molar-refractivity contribution in [2.45, 2.75) is 25.0 Å². The van der Waals surface area contributed by atoms with Gasteiger partial charge in [-0.2, -0.15) is 9.97 Å². The Morgan fingerprint density at radius 2 is 2.10 bits per heavy atom. The molecule has 1 aliphatic rings. The molecule has 0 amide bonds. The van der Waals surface area contributed by atoms with Gasteiger partial charge in [0, 0.05) is 10.9 Å². The number of nitrogen functional groups attached to an aromatic ring is 1. The quantitative estimate of drug-likeness (QED) is 0.524. The molecule has 11 heteroatoms. The highest BCUT2D eigenvalue weighted by atomic mass is 35.5. The molecule has 4 heterocycles. The summed E-state index contributed by atoms with van der Waals surface area (Å²) in [4.78, 5) is 25.2. The molecule has 0 spiro atoms. The fraction of sp³-hybridized carbons (Fsp3) is 0.278. The number of benzene rings is 1. The first-order valence-electron chi connectivity index (χ1n) is 8.87. The van der Waals surface area contributed by atoms with Crippen molar-refractivity contribution in [1.29, 1.82) is 0 Å². The van der Waals surface area contributed by atoms with Crippen molar-refractivity contribution in [3.05, 3.63) is 62.4 Å². The molecule has 2 unspecified atom stereocenters. The average molecular weight is 431 g/mol. The molecule has 9 nitrogen and oxygen atoms in total. The first-order chi connectivity index (χ1) is 14.1. The summed E-state index contributed by atoms with van der Waals surface area (Å²) < 4.78 is 13.0. The van der Waals surface area contributed by atoms with E-state index in [2.05, 4.69) is 20.1 Å². The van der Waals surface area contributed by atoms with Crippen molar-refractivity contribution < 1.29 is 9.26 Å². The summed E-state index contributed by atoms with van der Waals surface area (Å²) in [6.07, 6.45) is 0.687. The fourth-order valence-electron chi connectivity index (χ4n) is 3.36. The van der Waals surface area contributed by atoms with E-state index in [4.69, 9.17) is 26.6 Å². The van der Waals surface area contributed by atoms with Gasteiger partial charge in [-0.3, -0.25) is 9.36 Å². The van der Waals surface area contributed by atoms with Crippen LogP contribution in [0.1, 0.15) is 35.7 Å². The minimum Gasteiger partial charge on any atom is -0.373 e. The van der Waals surface area contributed by atoms with Crippen molar-refractivity contribution in [3.63, 3.8) is 0 Å². The number of ether oxygens (including phenoxy) is 1. The summed E-state index contributed by atoms with van der Waals surface area (Å²) in [6.45, 7) is 0.537. The van der Waals surface area contributed by atoms with E-state index < -0.39 is 0 Å². The van der Waals surface area contributed by atoms with Gasteiger partial charge in [0.05, 0.1) is 18.2 Å². The van der Waals surface area contributed by atoms with Gasteiger partial charge in [0.1, 0.15) is 11.2 Å². The van der Waals surface area contributed by atoms with E-state index in [1.165, 1.54) is 15.9 Å². The molecule has 2 atom stereocenters. The summed E-state index contributed by atoms with van der Waals surface area (Å²) in [5.41, 5.74) is 8.60. The van der Waals surface area contributed by atoms with Crippen LogP contribution in [0.4, 0.5) is 5.95 Å². The molecule has 0 radical (unpaired) electrons. The molecule has 2 N–H and O–H groups in total. The maximum atomic E-state index is 12.6. The maximum absolute atomic E-state index is 12.6. The number of hydrogen-bond acceptors (Lipinski definition) is 9. The minimum absolute atomic E-state index is 0.00403. The lowest BCUT2D eigenvalue weighted by atomic mass is 10.0. The number of nitrogens with zero attached hydrogens (tertiary/aromatic N) is 5. The SMILES string of the molecule is Nc1nc2ncsc2c(=O)n1Cc1nc(C2COC(c3ccc(Cl)cc3)C2)no1. The number of anilines is 1.